The smallest absolute Gasteiger partial charge is 0.164 e. The highest BCUT2D eigenvalue weighted by molar-refractivity contribution is 6.00. The number of nitrogens with one attached hydrogen (secondary N) is 3. The lowest BCUT2D eigenvalue weighted by Gasteiger charge is -2.09. The third kappa shape index (κ3) is 11.8. The number of hydrogen-bond donors (Lipinski definition) is 8. The lowest BCUT2D eigenvalue weighted by molar-refractivity contribution is 0.398. The molecule has 23 nitrogen and oxygen atoms in total. The summed E-state index contributed by atoms with van der Waals surface area (Å²) in [7, 11) is 0. The van der Waals surface area contributed by atoms with Gasteiger partial charge in [-0.2, -0.15) is 15.3 Å². The number of nitrogens with two attached hydrogens (primary N) is 3. The standard InChI is InChI=1S/2C22H22N6O.C21H20N6O3/c1-14-2-6-17(7-3-14)29-18-8-4-15(5-9-18)20-19-21(23)25-13-26-22(19)28(27-20)16-10-11-24-12-16;1-14-3-2-4-18(11-14)29-17-7-5-15(6-8-17)20-19-21(23)25-13-26-22(19)28(27-20)16-9-10-24-12-16;22-20-18-19(26-27(13-7-8-23-10-13)21(18)25-11-24-20)12-1-3-14(4-2-12)30-15-5-6-16(28)17(29)9-15/h2-9,13,16,24H,10-12H2,1H3,(H2,23,25,26);2-8,11,13,16,24H,9-10,12H2,1H3,(H2,23,25,26);1-6,9,11,13,23,28-29H,7-8,10H2,(H2,22,24,25)/t2*16-;13-/m111/s1. The van der Waals surface area contributed by atoms with Crippen molar-refractivity contribution in [3.8, 4) is 79.8 Å². The zero-order valence-corrected chi connectivity index (χ0v) is 48.3. The van der Waals surface area contributed by atoms with Crippen molar-refractivity contribution in [2.75, 3.05) is 56.5 Å². The van der Waals surface area contributed by atoms with Crippen molar-refractivity contribution in [3.05, 3.63) is 170 Å². The zero-order chi connectivity index (χ0) is 60.3. The van der Waals surface area contributed by atoms with Gasteiger partial charge in [-0.05, 0) is 168 Å². The molecule has 88 heavy (non-hydrogen) atoms. The van der Waals surface area contributed by atoms with Gasteiger partial charge in [0.05, 0.1) is 34.3 Å². The summed E-state index contributed by atoms with van der Waals surface area (Å²) in [6.45, 7) is 9.60. The Morgan fingerprint density at radius 2 is 0.750 bits per heavy atom. The molecule has 23 heteroatoms. The van der Waals surface area contributed by atoms with Gasteiger partial charge in [0, 0.05) is 42.4 Å². The Morgan fingerprint density at radius 1 is 0.398 bits per heavy atom. The maximum atomic E-state index is 9.62. The molecule has 6 aromatic heterocycles. The van der Waals surface area contributed by atoms with Crippen LogP contribution in [0, 0.1) is 13.8 Å². The Kier molecular flexibility index (Phi) is 15.8. The first kappa shape index (κ1) is 56.4. The van der Waals surface area contributed by atoms with Gasteiger partial charge in [0.1, 0.15) is 88.0 Å². The van der Waals surface area contributed by atoms with E-state index in [0.29, 0.717) is 29.0 Å². The summed E-state index contributed by atoms with van der Waals surface area (Å²) in [5.41, 5.74) is 28.3. The van der Waals surface area contributed by atoms with E-state index in [1.54, 1.807) is 18.2 Å². The SMILES string of the molecule is Cc1ccc(Oc2ccc(-c3nn([C@@H]4CCNC4)c4ncnc(N)c34)cc2)cc1.Cc1cccc(Oc2ccc(-c3nn([C@@H]4CCNC4)c4ncnc(N)c34)cc2)c1.Nc1ncnc2c1c(-c1ccc(Oc3ccc(O)c(O)c3)cc1)nn2[C@@H]1CCNC1. The molecular formula is C65H64N18O5. The first-order chi connectivity index (χ1) is 43.0. The minimum atomic E-state index is -0.238. The number of hydrogen-bond acceptors (Lipinski definition) is 20. The highest BCUT2D eigenvalue weighted by Gasteiger charge is 2.28. The van der Waals surface area contributed by atoms with E-state index in [4.69, 9.17) is 46.7 Å². The fourth-order valence-corrected chi connectivity index (χ4v) is 11.2. The molecule has 0 saturated carbocycles. The molecule has 0 bridgehead atoms. The van der Waals surface area contributed by atoms with Crippen molar-refractivity contribution >= 4 is 50.6 Å². The molecule has 0 unspecified atom stereocenters. The molecule has 444 valence electrons. The molecule has 0 amide bonds. The maximum absolute atomic E-state index is 9.62. The van der Waals surface area contributed by atoms with E-state index in [9.17, 15) is 10.2 Å². The molecule has 3 fully saturated rings. The largest absolute Gasteiger partial charge is 0.504 e. The summed E-state index contributed by atoms with van der Waals surface area (Å²) in [5, 5.41) is 46.1. The zero-order valence-electron chi connectivity index (χ0n) is 48.3. The van der Waals surface area contributed by atoms with E-state index < -0.39 is 0 Å². The normalized spacial score (nSPS) is 16.3. The summed E-state index contributed by atoms with van der Waals surface area (Å²) in [4.78, 5) is 25.9. The van der Waals surface area contributed by atoms with Crippen molar-refractivity contribution in [1.82, 2.24) is 75.2 Å². The molecule has 0 aliphatic carbocycles. The Labute approximate surface area is 505 Å². The van der Waals surface area contributed by atoms with Crippen LogP contribution in [-0.4, -0.2) is 109 Å². The number of aromatic nitrogens is 12. The molecule has 12 aromatic rings. The number of aryl methyl sites for hydroxylation is 2. The fraction of sp³-hybridized carbons (Fsp3) is 0.215. The predicted octanol–water partition coefficient (Wildman–Crippen LogP) is 10.2. The van der Waals surface area contributed by atoms with E-state index in [1.165, 1.54) is 36.7 Å². The minimum absolute atomic E-state index is 0.197. The molecule has 3 atom stereocenters. The number of nitrogen functional groups attached to an aromatic ring is 3. The van der Waals surface area contributed by atoms with Gasteiger partial charge in [0.15, 0.2) is 28.4 Å². The molecule has 3 aliphatic rings. The fourth-order valence-electron chi connectivity index (χ4n) is 11.2. The van der Waals surface area contributed by atoms with E-state index >= 15 is 0 Å². The number of aromatic hydroxyl groups is 2. The van der Waals surface area contributed by atoms with Crippen LogP contribution in [0.4, 0.5) is 17.5 Å². The average molecular weight is 1180 g/mol. The van der Waals surface area contributed by atoms with Crippen LogP contribution in [0.1, 0.15) is 48.5 Å². The number of phenols is 2. The maximum Gasteiger partial charge on any atom is 0.164 e. The van der Waals surface area contributed by atoms with Gasteiger partial charge >= 0.3 is 0 Å². The number of anilines is 3. The Bertz CT molecular complexity index is 4420. The van der Waals surface area contributed by atoms with Crippen LogP contribution in [0.15, 0.2) is 159 Å². The predicted molar refractivity (Wildman–Crippen MR) is 337 cm³/mol. The molecule has 0 spiro atoms. The molecular weight excluding hydrogens is 1110 g/mol. The van der Waals surface area contributed by atoms with E-state index in [2.05, 4.69) is 52.8 Å². The molecule has 9 heterocycles. The van der Waals surface area contributed by atoms with Crippen LogP contribution in [0.3, 0.4) is 0 Å². The highest BCUT2D eigenvalue weighted by Crippen LogP contribution is 2.39. The summed E-state index contributed by atoms with van der Waals surface area (Å²) in [6.07, 6.45) is 7.48. The van der Waals surface area contributed by atoms with Crippen LogP contribution in [-0.2, 0) is 0 Å². The van der Waals surface area contributed by atoms with Gasteiger partial charge in [0.25, 0.3) is 0 Å². The van der Waals surface area contributed by atoms with E-state index in [1.807, 2.05) is 130 Å². The third-order valence-corrected chi connectivity index (χ3v) is 15.7. The number of rotatable bonds is 12. The van der Waals surface area contributed by atoms with Crippen molar-refractivity contribution in [3.63, 3.8) is 0 Å². The molecule has 0 radical (unpaired) electrons. The van der Waals surface area contributed by atoms with Gasteiger partial charge in [-0.1, -0.05) is 29.8 Å². The summed E-state index contributed by atoms with van der Waals surface area (Å²) in [5.74, 6) is 5.02. The monoisotopic (exact) mass is 1180 g/mol. The third-order valence-electron chi connectivity index (χ3n) is 15.7. The van der Waals surface area contributed by atoms with Crippen molar-refractivity contribution < 1.29 is 24.4 Å². The Balaban J connectivity index is 0.000000122. The topological polar surface area (TPSA) is 313 Å². The van der Waals surface area contributed by atoms with Gasteiger partial charge in [-0.3, -0.25) is 0 Å². The second-order valence-electron chi connectivity index (χ2n) is 21.9. The van der Waals surface area contributed by atoms with E-state index in [0.717, 1.165) is 154 Å². The van der Waals surface area contributed by atoms with Gasteiger partial charge in [0.2, 0.25) is 0 Å². The van der Waals surface area contributed by atoms with Crippen LogP contribution in [0.2, 0.25) is 0 Å². The van der Waals surface area contributed by atoms with E-state index in [-0.39, 0.29) is 29.6 Å². The number of nitrogens with zero attached hydrogens (tertiary/aromatic N) is 12. The van der Waals surface area contributed by atoms with Crippen LogP contribution in [0.5, 0.6) is 46.0 Å². The summed E-state index contributed by atoms with van der Waals surface area (Å²) >= 11 is 0. The van der Waals surface area contributed by atoms with Crippen LogP contribution < -0.4 is 47.4 Å². The van der Waals surface area contributed by atoms with Crippen molar-refractivity contribution in [2.45, 2.75) is 51.2 Å². The van der Waals surface area contributed by atoms with Gasteiger partial charge < -0.3 is 57.6 Å². The van der Waals surface area contributed by atoms with Gasteiger partial charge in [-0.25, -0.2) is 43.9 Å². The van der Waals surface area contributed by atoms with Gasteiger partial charge in [-0.15, -0.1) is 0 Å². The number of benzene rings is 6. The van der Waals surface area contributed by atoms with Crippen LogP contribution >= 0.6 is 0 Å². The van der Waals surface area contributed by atoms with Crippen LogP contribution in [0.25, 0.3) is 66.9 Å². The summed E-state index contributed by atoms with van der Waals surface area (Å²) in [6, 6.07) is 44.2. The molecule has 15 rings (SSSR count). The lowest BCUT2D eigenvalue weighted by Crippen LogP contribution is -2.15. The Hall–Kier alpha value is -10.8. The highest BCUT2D eigenvalue weighted by atomic mass is 16.5. The second kappa shape index (κ2) is 24.7. The minimum Gasteiger partial charge on any atom is -0.504 e. The average Bonchev–Trinajstić information content (AvgIpc) is 2.69. The van der Waals surface area contributed by atoms with Crippen molar-refractivity contribution in [1.29, 1.82) is 0 Å². The molecule has 6 aromatic carbocycles. The lowest BCUT2D eigenvalue weighted by atomic mass is 10.1. The van der Waals surface area contributed by atoms with Crippen molar-refractivity contribution in [2.24, 2.45) is 0 Å². The molecule has 3 saturated heterocycles. The number of fused-ring (bicyclic) bond motifs is 3. The second-order valence-corrected chi connectivity index (χ2v) is 21.9. The summed E-state index contributed by atoms with van der Waals surface area (Å²) < 4.78 is 23.6. The first-order valence-electron chi connectivity index (χ1n) is 29.1. The molecule has 3 aliphatic heterocycles. The Morgan fingerprint density at radius 3 is 1.10 bits per heavy atom. The number of ether oxygens (including phenoxy) is 3. The molecule has 11 N–H and O–H groups in total. The quantitative estimate of drug-likeness (QED) is 0.0527. The number of phenolic OH excluding ortho intramolecular Hbond substituents is 2. The first-order valence-corrected chi connectivity index (χ1v) is 29.1.